The zero-order valence-corrected chi connectivity index (χ0v) is 13.2. The minimum Gasteiger partial charge on any atom is -0.458 e. The van der Waals surface area contributed by atoms with E-state index in [0.717, 1.165) is 35.0 Å². The topological polar surface area (TPSA) is 39.2 Å². The molecule has 1 aromatic heterocycles. The summed E-state index contributed by atoms with van der Waals surface area (Å²) in [5.41, 5.74) is 3.03. The molecule has 2 aromatic rings. The van der Waals surface area contributed by atoms with Gasteiger partial charge >= 0.3 is 5.97 Å². The fourth-order valence-corrected chi connectivity index (χ4v) is 3.25. The zero-order chi connectivity index (χ0) is 15.2. The molecule has 1 atom stereocenters. The van der Waals surface area contributed by atoms with E-state index in [0.29, 0.717) is 5.02 Å². The van der Waals surface area contributed by atoms with Gasteiger partial charge in [0, 0.05) is 28.6 Å². The van der Waals surface area contributed by atoms with E-state index in [1.807, 2.05) is 18.2 Å². The number of carbonyl (C=O) groups excluding carboxylic acids is 1. The Labute approximate surface area is 129 Å². The Morgan fingerprint density at radius 3 is 2.86 bits per heavy atom. The summed E-state index contributed by atoms with van der Waals surface area (Å²) in [5.74, 6) is -0.255. The molecular weight excluding hydrogens is 286 g/mol. The Balaban J connectivity index is 2.15. The number of hydrogen-bond acceptors (Lipinski definition) is 3. The summed E-state index contributed by atoms with van der Waals surface area (Å²) in [7, 11) is 0. The molecule has 0 saturated carbocycles. The maximum Gasteiger partial charge on any atom is 0.303 e. The number of ether oxygens (including phenoxy) is 1. The van der Waals surface area contributed by atoms with Crippen LogP contribution in [0.5, 0.6) is 0 Å². The van der Waals surface area contributed by atoms with Crippen molar-refractivity contribution in [3.63, 3.8) is 0 Å². The van der Waals surface area contributed by atoms with Gasteiger partial charge in [0.1, 0.15) is 6.10 Å². The minimum absolute atomic E-state index is 0.0697. The molecule has 21 heavy (non-hydrogen) atoms. The molecule has 0 fully saturated rings. The monoisotopic (exact) mass is 303 g/mol. The van der Waals surface area contributed by atoms with Crippen LogP contribution in [0, 0.1) is 5.41 Å². The van der Waals surface area contributed by atoms with Crippen molar-refractivity contribution in [3.8, 4) is 0 Å². The molecule has 1 aromatic carbocycles. The molecule has 0 aliphatic heterocycles. The van der Waals surface area contributed by atoms with Gasteiger partial charge in [-0.2, -0.15) is 0 Å². The summed E-state index contributed by atoms with van der Waals surface area (Å²) in [6, 6.07) is 7.74. The number of esters is 1. The molecule has 0 radical (unpaired) electrons. The molecular formula is C17H18ClNO2. The van der Waals surface area contributed by atoms with Gasteiger partial charge in [-0.15, -0.1) is 0 Å². The molecule has 4 heteroatoms. The third-order valence-corrected chi connectivity index (χ3v) is 4.16. The molecule has 110 valence electrons. The lowest BCUT2D eigenvalue weighted by Crippen LogP contribution is -2.28. The maximum absolute atomic E-state index is 11.4. The maximum atomic E-state index is 11.4. The van der Waals surface area contributed by atoms with E-state index in [4.69, 9.17) is 21.3 Å². The van der Waals surface area contributed by atoms with Gasteiger partial charge in [0.2, 0.25) is 0 Å². The highest BCUT2D eigenvalue weighted by atomic mass is 35.5. The summed E-state index contributed by atoms with van der Waals surface area (Å²) in [5, 5.41) is 1.67. The summed E-state index contributed by atoms with van der Waals surface area (Å²) in [6.07, 6.45) is 1.48. The Morgan fingerprint density at radius 2 is 2.14 bits per heavy atom. The van der Waals surface area contributed by atoms with E-state index in [-0.39, 0.29) is 17.5 Å². The molecule has 1 aliphatic carbocycles. The van der Waals surface area contributed by atoms with Crippen LogP contribution in [0.4, 0.5) is 0 Å². The molecule has 0 saturated heterocycles. The van der Waals surface area contributed by atoms with Crippen molar-refractivity contribution < 1.29 is 9.53 Å². The van der Waals surface area contributed by atoms with Crippen molar-refractivity contribution in [2.45, 2.75) is 39.7 Å². The van der Waals surface area contributed by atoms with Gasteiger partial charge < -0.3 is 4.74 Å². The highest BCUT2D eigenvalue weighted by molar-refractivity contribution is 6.31. The molecule has 1 heterocycles. The number of fused-ring (bicyclic) bond motifs is 2. The van der Waals surface area contributed by atoms with Gasteiger partial charge in [-0.1, -0.05) is 25.4 Å². The van der Waals surface area contributed by atoms with Crippen LogP contribution in [0.2, 0.25) is 5.02 Å². The van der Waals surface area contributed by atoms with Crippen LogP contribution < -0.4 is 0 Å². The second-order valence-corrected chi connectivity index (χ2v) is 6.94. The van der Waals surface area contributed by atoms with Crippen LogP contribution in [0.3, 0.4) is 0 Å². The van der Waals surface area contributed by atoms with Crippen LogP contribution in [0.15, 0.2) is 24.3 Å². The van der Waals surface area contributed by atoms with Crippen LogP contribution >= 0.6 is 11.6 Å². The highest BCUT2D eigenvalue weighted by Crippen LogP contribution is 2.42. The largest absolute Gasteiger partial charge is 0.458 e. The third kappa shape index (κ3) is 2.88. The Kier molecular flexibility index (Phi) is 3.40. The van der Waals surface area contributed by atoms with Gasteiger partial charge in [-0.3, -0.25) is 9.78 Å². The SMILES string of the molecule is CC(=O)OC1CC(C)(C)Cc2nc3ccc(Cl)cc3cc21. The van der Waals surface area contributed by atoms with E-state index in [2.05, 4.69) is 19.9 Å². The first-order chi connectivity index (χ1) is 9.84. The summed E-state index contributed by atoms with van der Waals surface area (Å²) in [4.78, 5) is 16.1. The lowest BCUT2D eigenvalue weighted by molar-refractivity contribution is -0.148. The Morgan fingerprint density at radius 1 is 1.38 bits per heavy atom. The second-order valence-electron chi connectivity index (χ2n) is 6.50. The average Bonchev–Trinajstić information content (AvgIpc) is 2.35. The Hall–Kier alpha value is -1.61. The number of hydrogen-bond donors (Lipinski definition) is 0. The molecule has 1 unspecified atom stereocenters. The van der Waals surface area contributed by atoms with E-state index in [1.165, 1.54) is 6.92 Å². The van der Waals surface area contributed by atoms with Gasteiger partial charge in [0.15, 0.2) is 0 Å². The number of pyridine rings is 1. The molecule has 0 N–H and O–H groups in total. The van der Waals surface area contributed by atoms with Gasteiger partial charge in [0.05, 0.1) is 5.52 Å². The second kappa shape index (κ2) is 4.99. The number of benzene rings is 1. The Bertz CT molecular complexity index is 724. The first-order valence-electron chi connectivity index (χ1n) is 7.10. The number of rotatable bonds is 1. The first-order valence-corrected chi connectivity index (χ1v) is 7.48. The smallest absolute Gasteiger partial charge is 0.303 e. The predicted molar refractivity (Wildman–Crippen MR) is 83.4 cm³/mol. The van der Waals surface area contributed by atoms with E-state index >= 15 is 0 Å². The molecule has 3 rings (SSSR count). The van der Waals surface area contributed by atoms with E-state index in [1.54, 1.807) is 0 Å². The van der Waals surface area contributed by atoms with Crippen molar-refractivity contribution in [2.75, 3.05) is 0 Å². The van der Waals surface area contributed by atoms with Crippen molar-refractivity contribution in [1.82, 2.24) is 4.98 Å². The van der Waals surface area contributed by atoms with Crippen molar-refractivity contribution in [3.05, 3.63) is 40.5 Å². The summed E-state index contributed by atoms with van der Waals surface area (Å²) < 4.78 is 5.52. The fourth-order valence-electron chi connectivity index (χ4n) is 3.07. The van der Waals surface area contributed by atoms with Crippen LogP contribution in [0.1, 0.15) is 44.6 Å². The van der Waals surface area contributed by atoms with Crippen molar-refractivity contribution in [2.24, 2.45) is 5.41 Å². The lowest BCUT2D eigenvalue weighted by atomic mass is 9.74. The van der Waals surface area contributed by atoms with E-state index < -0.39 is 0 Å². The van der Waals surface area contributed by atoms with Crippen LogP contribution in [0.25, 0.3) is 10.9 Å². The van der Waals surface area contributed by atoms with Crippen LogP contribution in [-0.4, -0.2) is 11.0 Å². The van der Waals surface area contributed by atoms with Crippen molar-refractivity contribution in [1.29, 1.82) is 0 Å². The van der Waals surface area contributed by atoms with Gasteiger partial charge in [-0.05, 0) is 42.5 Å². The quantitative estimate of drug-likeness (QED) is 0.730. The average molecular weight is 304 g/mol. The summed E-state index contributed by atoms with van der Waals surface area (Å²) >= 11 is 6.05. The molecule has 0 bridgehead atoms. The highest BCUT2D eigenvalue weighted by Gasteiger charge is 2.35. The fraction of sp³-hybridized carbons (Fsp3) is 0.412. The normalized spacial score (nSPS) is 20.1. The number of carbonyl (C=O) groups is 1. The molecule has 3 nitrogen and oxygen atoms in total. The van der Waals surface area contributed by atoms with Gasteiger partial charge in [-0.25, -0.2) is 0 Å². The zero-order valence-electron chi connectivity index (χ0n) is 12.4. The van der Waals surface area contributed by atoms with E-state index in [9.17, 15) is 4.79 Å². The molecule has 0 amide bonds. The predicted octanol–water partition coefficient (Wildman–Crippen LogP) is 4.46. The standard InChI is InChI=1S/C17H18ClNO2/c1-10(20)21-16-9-17(2,3)8-15-13(16)7-11-6-12(18)4-5-14(11)19-15/h4-7,16H,8-9H2,1-3H3. The number of aromatic nitrogens is 1. The first kappa shape index (κ1) is 14.3. The lowest BCUT2D eigenvalue weighted by Gasteiger charge is -2.35. The number of halogens is 1. The third-order valence-electron chi connectivity index (χ3n) is 3.93. The minimum atomic E-state index is -0.255. The molecule has 1 aliphatic rings. The molecule has 0 spiro atoms. The number of nitrogens with zero attached hydrogens (tertiary/aromatic N) is 1. The van der Waals surface area contributed by atoms with Crippen LogP contribution in [-0.2, 0) is 16.0 Å². The summed E-state index contributed by atoms with van der Waals surface area (Å²) in [6.45, 7) is 5.81. The van der Waals surface area contributed by atoms with Gasteiger partial charge in [0.25, 0.3) is 0 Å². The van der Waals surface area contributed by atoms with Crippen molar-refractivity contribution >= 4 is 28.5 Å².